The van der Waals surface area contributed by atoms with E-state index in [2.05, 4.69) is 20.2 Å². The molecule has 0 atom stereocenters. The van der Waals surface area contributed by atoms with Crippen LogP contribution in [-0.4, -0.2) is 32.6 Å². The number of halogens is 2. The van der Waals surface area contributed by atoms with E-state index in [4.69, 9.17) is 9.97 Å². The lowest BCUT2D eigenvalue weighted by molar-refractivity contribution is 0.373. The first-order chi connectivity index (χ1) is 16.1. The highest BCUT2D eigenvalue weighted by molar-refractivity contribution is 5.66. The summed E-state index contributed by atoms with van der Waals surface area (Å²) in [5, 5.41) is 6.52. The summed E-state index contributed by atoms with van der Waals surface area (Å²) >= 11 is 0. The number of nitrogens with zero attached hydrogens (tertiary/aromatic N) is 4. The Morgan fingerprint density at radius 1 is 1.00 bits per heavy atom. The van der Waals surface area contributed by atoms with E-state index in [1.54, 1.807) is 43.6 Å². The van der Waals surface area contributed by atoms with Crippen molar-refractivity contribution in [1.29, 1.82) is 0 Å². The molecule has 0 radical (unpaired) electrons. The van der Waals surface area contributed by atoms with Crippen molar-refractivity contribution in [2.75, 3.05) is 18.4 Å². The van der Waals surface area contributed by atoms with E-state index in [0.717, 1.165) is 43.0 Å². The van der Waals surface area contributed by atoms with Gasteiger partial charge in [0.2, 0.25) is 5.95 Å². The van der Waals surface area contributed by atoms with Crippen LogP contribution in [0.15, 0.2) is 60.9 Å². The van der Waals surface area contributed by atoms with Crippen molar-refractivity contribution in [1.82, 2.24) is 24.8 Å². The van der Waals surface area contributed by atoms with Gasteiger partial charge in [0.05, 0.1) is 17.6 Å². The minimum atomic E-state index is -0.288. The standard InChI is InChI=1S/C25H24F2N6/c1-16-20(27)3-2-4-21(16)31-25-29-14-11-22(32-25)23-15-30-24(17-5-7-18(26)8-6-17)33(23)19-9-12-28-13-10-19/h2-8,11,14-15,19,28H,9-10,12-13H2,1H3,(H,29,31,32). The fourth-order valence-corrected chi connectivity index (χ4v) is 4.22. The van der Waals surface area contributed by atoms with E-state index in [9.17, 15) is 8.78 Å². The molecular weight excluding hydrogens is 422 g/mol. The monoisotopic (exact) mass is 446 g/mol. The van der Waals surface area contributed by atoms with Gasteiger partial charge in [-0.3, -0.25) is 0 Å². The number of imidazole rings is 1. The first kappa shape index (κ1) is 21.2. The smallest absolute Gasteiger partial charge is 0.227 e. The van der Waals surface area contributed by atoms with Crippen molar-refractivity contribution >= 4 is 11.6 Å². The zero-order valence-electron chi connectivity index (χ0n) is 18.2. The van der Waals surface area contributed by atoms with Crippen molar-refractivity contribution in [3.8, 4) is 22.8 Å². The zero-order chi connectivity index (χ0) is 22.8. The highest BCUT2D eigenvalue weighted by atomic mass is 19.1. The van der Waals surface area contributed by atoms with Crippen LogP contribution >= 0.6 is 0 Å². The number of hydrogen-bond donors (Lipinski definition) is 2. The third kappa shape index (κ3) is 4.34. The zero-order valence-corrected chi connectivity index (χ0v) is 18.2. The van der Waals surface area contributed by atoms with E-state index in [1.165, 1.54) is 18.2 Å². The molecule has 5 rings (SSSR count). The molecule has 2 aromatic carbocycles. The van der Waals surface area contributed by atoms with Crippen LogP contribution in [-0.2, 0) is 0 Å². The van der Waals surface area contributed by atoms with Crippen LogP contribution in [0, 0.1) is 18.6 Å². The minimum Gasteiger partial charge on any atom is -0.324 e. The Balaban J connectivity index is 1.55. The molecule has 4 aromatic rings. The second-order valence-electron chi connectivity index (χ2n) is 8.13. The maximum Gasteiger partial charge on any atom is 0.227 e. The molecule has 1 aliphatic rings. The lowest BCUT2D eigenvalue weighted by Gasteiger charge is -2.27. The number of aromatic nitrogens is 4. The summed E-state index contributed by atoms with van der Waals surface area (Å²) in [7, 11) is 0. The average molecular weight is 447 g/mol. The van der Waals surface area contributed by atoms with Gasteiger partial charge >= 0.3 is 0 Å². The van der Waals surface area contributed by atoms with Crippen LogP contribution in [0.3, 0.4) is 0 Å². The summed E-state index contributed by atoms with van der Waals surface area (Å²) in [4.78, 5) is 13.7. The first-order valence-electron chi connectivity index (χ1n) is 11.0. The molecule has 0 saturated carbocycles. The molecule has 1 saturated heterocycles. The predicted octanol–water partition coefficient (Wildman–Crippen LogP) is 5.26. The van der Waals surface area contributed by atoms with Gasteiger partial charge in [-0.1, -0.05) is 6.07 Å². The predicted molar refractivity (Wildman–Crippen MR) is 124 cm³/mol. The first-order valence-corrected chi connectivity index (χ1v) is 11.0. The molecule has 2 aromatic heterocycles. The molecule has 1 aliphatic heterocycles. The maximum atomic E-state index is 14.0. The van der Waals surface area contributed by atoms with Gasteiger partial charge < -0.3 is 15.2 Å². The average Bonchev–Trinajstić information content (AvgIpc) is 3.28. The largest absolute Gasteiger partial charge is 0.324 e. The number of benzene rings is 2. The summed E-state index contributed by atoms with van der Waals surface area (Å²) in [5.41, 5.74) is 3.54. The number of piperidine rings is 1. The quantitative estimate of drug-likeness (QED) is 0.438. The van der Waals surface area contributed by atoms with Crippen LogP contribution in [0.2, 0.25) is 0 Å². The van der Waals surface area contributed by atoms with Crippen LogP contribution in [0.4, 0.5) is 20.4 Å². The van der Waals surface area contributed by atoms with Crippen molar-refractivity contribution in [2.45, 2.75) is 25.8 Å². The fourth-order valence-electron chi connectivity index (χ4n) is 4.22. The van der Waals surface area contributed by atoms with E-state index in [0.29, 0.717) is 22.9 Å². The van der Waals surface area contributed by atoms with Crippen LogP contribution in [0.25, 0.3) is 22.8 Å². The van der Waals surface area contributed by atoms with Crippen LogP contribution in [0.1, 0.15) is 24.4 Å². The number of nitrogens with one attached hydrogen (secondary N) is 2. The molecule has 2 N–H and O–H groups in total. The van der Waals surface area contributed by atoms with Gasteiger partial charge in [-0.05, 0) is 75.3 Å². The Hall–Kier alpha value is -3.65. The number of hydrogen-bond acceptors (Lipinski definition) is 5. The second-order valence-corrected chi connectivity index (χ2v) is 8.13. The Morgan fingerprint density at radius 3 is 2.58 bits per heavy atom. The third-order valence-electron chi connectivity index (χ3n) is 6.01. The molecule has 6 nitrogen and oxygen atoms in total. The second kappa shape index (κ2) is 9.07. The Kier molecular flexibility index (Phi) is 5.83. The Morgan fingerprint density at radius 2 is 1.79 bits per heavy atom. The van der Waals surface area contributed by atoms with Gasteiger partial charge in [0.25, 0.3) is 0 Å². The highest BCUT2D eigenvalue weighted by Gasteiger charge is 2.23. The molecule has 0 amide bonds. The van der Waals surface area contributed by atoms with Crippen LogP contribution < -0.4 is 10.6 Å². The highest BCUT2D eigenvalue weighted by Crippen LogP contribution is 2.33. The molecule has 33 heavy (non-hydrogen) atoms. The molecule has 3 heterocycles. The molecule has 0 spiro atoms. The lowest BCUT2D eigenvalue weighted by Crippen LogP contribution is -2.30. The topological polar surface area (TPSA) is 67.7 Å². The lowest BCUT2D eigenvalue weighted by atomic mass is 10.0. The van der Waals surface area contributed by atoms with Gasteiger partial charge in [-0.2, -0.15) is 0 Å². The number of rotatable bonds is 5. The molecular formula is C25H24F2N6. The molecule has 0 bridgehead atoms. The Labute approximate surface area is 190 Å². The van der Waals surface area contributed by atoms with Crippen molar-refractivity contribution in [2.24, 2.45) is 0 Å². The summed E-state index contributed by atoms with van der Waals surface area (Å²) < 4.78 is 29.7. The molecule has 0 unspecified atom stereocenters. The van der Waals surface area contributed by atoms with E-state index in [1.807, 2.05) is 6.07 Å². The van der Waals surface area contributed by atoms with Crippen molar-refractivity contribution in [3.63, 3.8) is 0 Å². The molecule has 1 fully saturated rings. The Bertz CT molecular complexity index is 1260. The molecule has 8 heteroatoms. The normalized spacial score (nSPS) is 14.4. The van der Waals surface area contributed by atoms with Crippen LogP contribution in [0.5, 0.6) is 0 Å². The maximum absolute atomic E-state index is 14.0. The van der Waals surface area contributed by atoms with E-state index in [-0.39, 0.29) is 17.7 Å². The molecule has 168 valence electrons. The van der Waals surface area contributed by atoms with Gasteiger partial charge in [-0.25, -0.2) is 23.7 Å². The van der Waals surface area contributed by atoms with Crippen molar-refractivity contribution in [3.05, 3.63) is 78.1 Å². The summed E-state index contributed by atoms with van der Waals surface area (Å²) in [6, 6.07) is 13.3. The summed E-state index contributed by atoms with van der Waals surface area (Å²) in [5.74, 6) is 0.593. The van der Waals surface area contributed by atoms with Gasteiger partial charge in [-0.15, -0.1) is 0 Å². The summed E-state index contributed by atoms with van der Waals surface area (Å²) in [6.07, 6.45) is 5.39. The van der Waals surface area contributed by atoms with Gasteiger partial charge in [0.15, 0.2) is 0 Å². The molecule has 0 aliphatic carbocycles. The van der Waals surface area contributed by atoms with E-state index >= 15 is 0 Å². The van der Waals surface area contributed by atoms with Crippen molar-refractivity contribution < 1.29 is 8.78 Å². The minimum absolute atomic E-state index is 0.237. The third-order valence-corrected chi connectivity index (χ3v) is 6.01. The summed E-state index contributed by atoms with van der Waals surface area (Å²) in [6.45, 7) is 3.55. The van der Waals surface area contributed by atoms with Gasteiger partial charge in [0, 0.05) is 29.1 Å². The fraction of sp³-hybridized carbons (Fsp3) is 0.240. The van der Waals surface area contributed by atoms with Gasteiger partial charge in [0.1, 0.15) is 17.5 Å². The number of anilines is 2. The van der Waals surface area contributed by atoms with E-state index < -0.39 is 0 Å². The SMILES string of the molecule is Cc1c(F)cccc1Nc1nccc(-c2cnc(-c3ccc(F)cc3)n2C2CCNCC2)n1.